The third-order valence-electron chi connectivity index (χ3n) is 3.71. The number of hydrogen-bond donors (Lipinski definition) is 1. The molecule has 0 aliphatic heterocycles. The van der Waals surface area contributed by atoms with Gasteiger partial charge in [-0.05, 0) is 24.6 Å². The third kappa shape index (κ3) is 4.20. The Hall–Kier alpha value is -3.06. The van der Waals surface area contributed by atoms with Gasteiger partial charge in [0, 0.05) is 22.6 Å². The molecular weight excluding hydrogens is 372 g/mol. The topological polar surface area (TPSA) is 55.4 Å². The Morgan fingerprint density at radius 2 is 1.74 bits per heavy atom. The molecule has 7 heteroatoms. The second-order valence-corrected chi connectivity index (χ2v) is 6.43. The molecule has 1 N–H and O–H groups in total. The van der Waals surface area contributed by atoms with E-state index in [2.05, 4.69) is 5.32 Å². The van der Waals surface area contributed by atoms with Crippen LogP contribution in [0.4, 0.5) is 13.8 Å². The average molecular weight is 387 g/mol. The molecule has 4 nitrogen and oxygen atoms in total. The molecule has 138 valence electrons. The van der Waals surface area contributed by atoms with Gasteiger partial charge in [0.15, 0.2) is 0 Å². The van der Waals surface area contributed by atoms with E-state index in [0.29, 0.717) is 11.6 Å². The molecule has 1 aromatic heterocycles. The van der Waals surface area contributed by atoms with Crippen molar-refractivity contribution < 1.29 is 23.1 Å². The Morgan fingerprint density at radius 3 is 2.37 bits per heavy atom. The minimum atomic E-state index is -0.859. The zero-order chi connectivity index (χ0) is 19.4. The molecule has 0 saturated heterocycles. The van der Waals surface area contributed by atoms with E-state index in [1.165, 1.54) is 0 Å². The summed E-state index contributed by atoms with van der Waals surface area (Å²) in [6.07, 6.45) is 0. The number of thiophene rings is 1. The van der Waals surface area contributed by atoms with E-state index in [-0.39, 0.29) is 22.7 Å². The lowest BCUT2D eigenvalue weighted by molar-refractivity contribution is 0.0529. The van der Waals surface area contributed by atoms with Crippen LogP contribution in [0.5, 0.6) is 0 Å². The normalized spacial score (nSPS) is 10.5. The largest absolute Gasteiger partial charge is 0.462 e. The lowest BCUT2D eigenvalue weighted by Gasteiger charge is -2.09. The molecule has 0 saturated carbocycles. The number of carbonyl (C=O) groups excluding carboxylic acids is 2. The zero-order valence-electron chi connectivity index (χ0n) is 14.3. The standard InChI is InChI=1S/C20H15F2NO3S/c1-2-26-20(25)17-16(12-6-4-3-5-7-12)11-27-19(17)23-18(24)13-8-14(21)10-15(22)9-13/h3-11H,2H2,1H3,(H,23,24). The van der Waals surface area contributed by atoms with Gasteiger partial charge < -0.3 is 10.1 Å². The number of amides is 1. The van der Waals surface area contributed by atoms with Crippen LogP contribution < -0.4 is 5.32 Å². The molecule has 1 heterocycles. The summed E-state index contributed by atoms with van der Waals surface area (Å²) >= 11 is 1.14. The second kappa shape index (κ2) is 8.09. The van der Waals surface area contributed by atoms with Gasteiger partial charge >= 0.3 is 5.97 Å². The summed E-state index contributed by atoms with van der Waals surface area (Å²) in [4.78, 5) is 24.9. The van der Waals surface area contributed by atoms with Crippen LogP contribution in [0.3, 0.4) is 0 Å². The predicted molar refractivity (Wildman–Crippen MR) is 100 cm³/mol. The number of halogens is 2. The van der Waals surface area contributed by atoms with Crippen molar-refractivity contribution in [3.05, 3.63) is 76.7 Å². The monoisotopic (exact) mass is 387 g/mol. The minimum absolute atomic E-state index is 0.172. The fourth-order valence-corrected chi connectivity index (χ4v) is 3.50. The summed E-state index contributed by atoms with van der Waals surface area (Å²) in [6.45, 7) is 1.85. The number of benzene rings is 2. The van der Waals surface area contributed by atoms with E-state index in [1.54, 1.807) is 12.3 Å². The van der Waals surface area contributed by atoms with Crippen molar-refractivity contribution >= 4 is 28.2 Å². The summed E-state index contributed by atoms with van der Waals surface area (Å²) in [5, 5.41) is 4.53. The second-order valence-electron chi connectivity index (χ2n) is 5.55. The highest BCUT2D eigenvalue weighted by Crippen LogP contribution is 2.36. The van der Waals surface area contributed by atoms with E-state index in [0.717, 1.165) is 29.0 Å². The average Bonchev–Trinajstić information content (AvgIpc) is 3.05. The van der Waals surface area contributed by atoms with Crippen LogP contribution in [0.25, 0.3) is 11.1 Å². The van der Waals surface area contributed by atoms with E-state index < -0.39 is 23.5 Å². The molecule has 0 spiro atoms. The van der Waals surface area contributed by atoms with Crippen LogP contribution in [-0.2, 0) is 4.74 Å². The van der Waals surface area contributed by atoms with Crippen molar-refractivity contribution in [2.45, 2.75) is 6.92 Å². The highest BCUT2D eigenvalue weighted by Gasteiger charge is 2.23. The fraction of sp³-hybridized carbons (Fsp3) is 0.100. The lowest BCUT2D eigenvalue weighted by atomic mass is 10.0. The first-order valence-corrected chi connectivity index (χ1v) is 8.99. The molecule has 27 heavy (non-hydrogen) atoms. The number of ether oxygens (including phenoxy) is 1. The van der Waals surface area contributed by atoms with Crippen LogP contribution in [-0.4, -0.2) is 18.5 Å². The predicted octanol–water partition coefficient (Wildman–Crippen LogP) is 5.12. The molecule has 3 aromatic rings. The molecule has 3 rings (SSSR count). The zero-order valence-corrected chi connectivity index (χ0v) is 15.1. The molecule has 1 amide bonds. The van der Waals surface area contributed by atoms with E-state index in [1.807, 2.05) is 30.3 Å². The maximum absolute atomic E-state index is 13.4. The number of esters is 1. The van der Waals surface area contributed by atoms with Crippen LogP contribution in [0, 0.1) is 11.6 Å². The Bertz CT molecular complexity index is 966. The van der Waals surface area contributed by atoms with Gasteiger partial charge in [0.05, 0.1) is 6.61 Å². The Morgan fingerprint density at radius 1 is 1.07 bits per heavy atom. The van der Waals surface area contributed by atoms with Crippen molar-refractivity contribution in [3.63, 3.8) is 0 Å². The van der Waals surface area contributed by atoms with Crippen molar-refractivity contribution in [1.82, 2.24) is 0 Å². The Labute approximate surface area is 158 Å². The van der Waals surface area contributed by atoms with Gasteiger partial charge in [-0.2, -0.15) is 0 Å². The summed E-state index contributed by atoms with van der Waals surface area (Å²) < 4.78 is 31.8. The quantitative estimate of drug-likeness (QED) is 0.618. The fourth-order valence-electron chi connectivity index (χ4n) is 2.55. The van der Waals surface area contributed by atoms with Crippen molar-refractivity contribution in [2.24, 2.45) is 0 Å². The third-order valence-corrected chi connectivity index (χ3v) is 4.60. The maximum atomic E-state index is 13.4. The molecule has 0 unspecified atom stereocenters. The van der Waals surface area contributed by atoms with Crippen molar-refractivity contribution in [2.75, 3.05) is 11.9 Å². The minimum Gasteiger partial charge on any atom is -0.462 e. The summed E-state index contributed by atoms with van der Waals surface area (Å²) in [6, 6.07) is 11.7. The molecule has 0 fully saturated rings. The smallest absolute Gasteiger partial charge is 0.341 e. The Kier molecular flexibility index (Phi) is 5.61. The van der Waals surface area contributed by atoms with E-state index in [9.17, 15) is 18.4 Å². The number of nitrogens with one attached hydrogen (secondary N) is 1. The summed E-state index contributed by atoms with van der Waals surface area (Å²) in [5.74, 6) is -3.03. The number of rotatable bonds is 5. The van der Waals surface area contributed by atoms with Gasteiger partial charge in [-0.1, -0.05) is 30.3 Å². The summed E-state index contributed by atoms with van der Waals surface area (Å²) in [7, 11) is 0. The van der Waals surface area contributed by atoms with E-state index in [4.69, 9.17) is 4.74 Å². The van der Waals surface area contributed by atoms with Gasteiger partial charge in [-0.3, -0.25) is 4.79 Å². The SMILES string of the molecule is CCOC(=O)c1c(-c2ccccc2)csc1NC(=O)c1cc(F)cc(F)c1. The van der Waals surface area contributed by atoms with E-state index >= 15 is 0 Å². The van der Waals surface area contributed by atoms with Gasteiger partial charge in [-0.15, -0.1) is 11.3 Å². The molecule has 0 bridgehead atoms. The number of hydrogen-bond acceptors (Lipinski definition) is 4. The molecule has 2 aromatic carbocycles. The van der Waals surface area contributed by atoms with Crippen LogP contribution in [0.15, 0.2) is 53.9 Å². The van der Waals surface area contributed by atoms with Gasteiger partial charge in [0.2, 0.25) is 0 Å². The maximum Gasteiger partial charge on any atom is 0.341 e. The molecule has 0 aliphatic rings. The van der Waals surface area contributed by atoms with Gasteiger partial charge in [0.25, 0.3) is 5.91 Å². The van der Waals surface area contributed by atoms with Crippen molar-refractivity contribution in [3.8, 4) is 11.1 Å². The van der Waals surface area contributed by atoms with Crippen LogP contribution >= 0.6 is 11.3 Å². The van der Waals surface area contributed by atoms with Crippen molar-refractivity contribution in [1.29, 1.82) is 0 Å². The molecule has 0 atom stereocenters. The molecule has 0 radical (unpaired) electrons. The summed E-state index contributed by atoms with van der Waals surface area (Å²) in [5.41, 5.74) is 1.42. The molecular formula is C20H15F2NO3S. The van der Waals surface area contributed by atoms with Gasteiger partial charge in [-0.25, -0.2) is 13.6 Å². The first-order chi connectivity index (χ1) is 13.0. The van der Waals surface area contributed by atoms with Crippen LogP contribution in [0.2, 0.25) is 0 Å². The molecule has 0 aliphatic carbocycles. The Balaban J connectivity index is 1.98. The van der Waals surface area contributed by atoms with Gasteiger partial charge in [0.1, 0.15) is 22.2 Å². The lowest BCUT2D eigenvalue weighted by Crippen LogP contribution is -2.15. The number of carbonyl (C=O) groups is 2. The number of anilines is 1. The highest BCUT2D eigenvalue weighted by molar-refractivity contribution is 7.15. The highest BCUT2D eigenvalue weighted by atomic mass is 32.1. The first-order valence-electron chi connectivity index (χ1n) is 8.11. The first kappa shape index (κ1) is 18.7. The van der Waals surface area contributed by atoms with Crippen LogP contribution in [0.1, 0.15) is 27.6 Å².